The second-order valence-corrected chi connectivity index (χ2v) is 4.60. The van der Waals surface area contributed by atoms with Gasteiger partial charge in [0.05, 0.1) is 31.0 Å². The topological polar surface area (TPSA) is 93.7 Å². The Balaban J connectivity index is 3.15. The number of carbonyl (C=O) groups is 3. The average Bonchev–Trinajstić information content (AvgIpc) is 2.49. The van der Waals surface area contributed by atoms with E-state index in [9.17, 15) is 18.8 Å². The summed E-state index contributed by atoms with van der Waals surface area (Å²) in [5.74, 6) is -2.98. The van der Waals surface area contributed by atoms with Crippen molar-refractivity contribution in [2.45, 2.75) is 6.92 Å². The largest absolute Gasteiger partial charge is 0.466 e. The Kier molecular flexibility index (Phi) is 6.52. The third-order valence-electron chi connectivity index (χ3n) is 2.49. The number of benzene rings is 1. The Bertz CT molecular complexity index is 652. The predicted molar refractivity (Wildman–Crippen MR) is 81.5 cm³/mol. The fraction of sp³-hybridized carbons (Fsp3) is 0.214. The first-order chi connectivity index (χ1) is 10.8. The lowest BCUT2D eigenvalue weighted by Gasteiger charge is -2.12. The van der Waals surface area contributed by atoms with Crippen LogP contribution in [0.15, 0.2) is 23.9 Å². The molecule has 2 N–H and O–H groups in total. The number of halogens is 2. The summed E-state index contributed by atoms with van der Waals surface area (Å²) in [7, 11) is 2.25. The molecule has 0 aromatic heterocycles. The van der Waals surface area contributed by atoms with Crippen LogP contribution in [0.4, 0.5) is 15.8 Å². The molecule has 0 unspecified atom stereocenters. The monoisotopic (exact) mass is 344 g/mol. The molecule has 124 valence electrons. The zero-order chi connectivity index (χ0) is 17.6. The highest BCUT2D eigenvalue weighted by Crippen LogP contribution is 2.29. The van der Waals surface area contributed by atoms with Crippen LogP contribution >= 0.6 is 11.6 Å². The molecule has 1 aromatic carbocycles. The molecule has 0 spiro atoms. The van der Waals surface area contributed by atoms with Crippen LogP contribution in [0.3, 0.4) is 0 Å². The number of nitrogens with one attached hydrogen (secondary N) is 2. The number of hydrogen-bond donors (Lipinski definition) is 2. The number of methoxy groups -OCH3 is 2. The average molecular weight is 345 g/mol. The van der Waals surface area contributed by atoms with Crippen LogP contribution < -0.4 is 10.6 Å². The van der Waals surface area contributed by atoms with Gasteiger partial charge in [0.25, 0.3) is 0 Å². The second kappa shape index (κ2) is 8.14. The highest BCUT2D eigenvalue weighted by molar-refractivity contribution is 6.34. The van der Waals surface area contributed by atoms with Crippen LogP contribution in [-0.4, -0.2) is 32.1 Å². The number of ether oxygens (including phenoxy) is 2. The molecule has 0 aliphatic rings. The maximum absolute atomic E-state index is 14.0. The van der Waals surface area contributed by atoms with E-state index in [-0.39, 0.29) is 22.1 Å². The first-order valence-corrected chi connectivity index (χ1v) is 6.58. The lowest BCUT2D eigenvalue weighted by Crippen LogP contribution is -2.16. The molecule has 0 radical (unpaired) electrons. The van der Waals surface area contributed by atoms with E-state index in [1.165, 1.54) is 13.0 Å². The van der Waals surface area contributed by atoms with Crippen molar-refractivity contribution in [1.82, 2.24) is 0 Å². The molecule has 0 saturated heterocycles. The van der Waals surface area contributed by atoms with Gasteiger partial charge in [0, 0.05) is 12.6 Å². The van der Waals surface area contributed by atoms with E-state index in [1.807, 2.05) is 0 Å². The van der Waals surface area contributed by atoms with Crippen molar-refractivity contribution >= 4 is 40.8 Å². The second-order valence-electron chi connectivity index (χ2n) is 4.19. The Labute approximate surface area is 136 Å². The van der Waals surface area contributed by atoms with Crippen molar-refractivity contribution in [3.63, 3.8) is 0 Å². The van der Waals surface area contributed by atoms with Crippen molar-refractivity contribution in [1.29, 1.82) is 0 Å². The highest BCUT2D eigenvalue weighted by Gasteiger charge is 2.16. The molecule has 0 atom stereocenters. The van der Waals surface area contributed by atoms with Crippen LogP contribution in [-0.2, 0) is 23.9 Å². The van der Waals surface area contributed by atoms with Gasteiger partial charge in [-0.1, -0.05) is 11.6 Å². The lowest BCUT2D eigenvalue weighted by molar-refractivity contribution is -0.138. The molecule has 9 heteroatoms. The van der Waals surface area contributed by atoms with Gasteiger partial charge in [-0.15, -0.1) is 0 Å². The number of anilines is 2. The fourth-order valence-electron chi connectivity index (χ4n) is 1.53. The maximum atomic E-state index is 14.0. The van der Waals surface area contributed by atoms with Gasteiger partial charge < -0.3 is 20.1 Å². The number of amides is 1. The third-order valence-corrected chi connectivity index (χ3v) is 2.79. The molecule has 0 bridgehead atoms. The summed E-state index contributed by atoms with van der Waals surface area (Å²) >= 11 is 5.89. The van der Waals surface area contributed by atoms with E-state index in [4.69, 9.17) is 11.6 Å². The number of hydrogen-bond acceptors (Lipinski definition) is 6. The van der Waals surface area contributed by atoms with Crippen LogP contribution in [0.2, 0.25) is 5.02 Å². The summed E-state index contributed by atoms with van der Waals surface area (Å²) in [6.45, 7) is 1.20. The smallest absolute Gasteiger partial charge is 0.354 e. The summed E-state index contributed by atoms with van der Waals surface area (Å²) < 4.78 is 22.9. The standard InChI is InChI=1S/C14H14ClFN2O5/c1-7(19)17-13-9(15)4-8(5-10(13)16)18-11(14(21)23-3)6-12(20)22-2/h4-6,18H,1-3H3,(H,17,19)/b11-6+. The Morgan fingerprint density at radius 3 is 2.30 bits per heavy atom. The van der Waals surface area contributed by atoms with Crippen molar-refractivity contribution in [2.75, 3.05) is 24.9 Å². The molecule has 7 nitrogen and oxygen atoms in total. The van der Waals surface area contributed by atoms with Crippen molar-refractivity contribution in [2.24, 2.45) is 0 Å². The van der Waals surface area contributed by atoms with Gasteiger partial charge in [-0.25, -0.2) is 14.0 Å². The first-order valence-electron chi connectivity index (χ1n) is 6.20. The van der Waals surface area contributed by atoms with Crippen LogP contribution in [0.5, 0.6) is 0 Å². The molecule has 1 aromatic rings. The molecular weight excluding hydrogens is 331 g/mol. The molecule has 1 rings (SSSR count). The van der Waals surface area contributed by atoms with Crippen LogP contribution in [0, 0.1) is 5.82 Å². The molecule has 0 aliphatic carbocycles. The van der Waals surface area contributed by atoms with Crippen molar-refractivity contribution in [3.05, 3.63) is 34.7 Å². The molecular formula is C14H14ClFN2O5. The Morgan fingerprint density at radius 2 is 1.83 bits per heavy atom. The van der Waals surface area contributed by atoms with Crippen LogP contribution in [0.25, 0.3) is 0 Å². The Morgan fingerprint density at radius 1 is 1.17 bits per heavy atom. The molecule has 23 heavy (non-hydrogen) atoms. The normalized spacial score (nSPS) is 10.7. The van der Waals surface area contributed by atoms with Crippen molar-refractivity contribution in [3.8, 4) is 0 Å². The summed E-state index contributed by atoms with van der Waals surface area (Å²) in [5, 5.41) is 4.66. The molecule has 0 aliphatic heterocycles. The SMILES string of the molecule is COC(=O)/C=C(/Nc1cc(F)c(NC(C)=O)c(Cl)c1)C(=O)OC. The highest BCUT2D eigenvalue weighted by atomic mass is 35.5. The third kappa shape index (κ3) is 5.26. The van der Waals surface area contributed by atoms with E-state index >= 15 is 0 Å². The zero-order valence-corrected chi connectivity index (χ0v) is 13.3. The van der Waals surface area contributed by atoms with Gasteiger partial charge in [-0.2, -0.15) is 0 Å². The number of carbonyl (C=O) groups excluding carboxylic acids is 3. The van der Waals surface area contributed by atoms with Crippen molar-refractivity contribution < 1.29 is 28.2 Å². The lowest BCUT2D eigenvalue weighted by atomic mass is 10.2. The Hall–Kier alpha value is -2.61. The van der Waals surface area contributed by atoms with Gasteiger partial charge >= 0.3 is 11.9 Å². The zero-order valence-electron chi connectivity index (χ0n) is 12.5. The number of esters is 2. The molecule has 0 heterocycles. The summed E-state index contributed by atoms with van der Waals surface area (Å²) in [6, 6.07) is 2.26. The quantitative estimate of drug-likeness (QED) is 0.627. The minimum Gasteiger partial charge on any atom is -0.466 e. The summed E-state index contributed by atoms with van der Waals surface area (Å²) in [5.41, 5.74) is -0.398. The van der Waals surface area contributed by atoms with E-state index in [1.54, 1.807) is 0 Å². The molecule has 0 fully saturated rings. The summed E-state index contributed by atoms with van der Waals surface area (Å²) in [6.07, 6.45) is 0.847. The molecule has 0 saturated carbocycles. The van der Waals surface area contributed by atoms with E-state index in [2.05, 4.69) is 20.1 Å². The maximum Gasteiger partial charge on any atom is 0.354 e. The van der Waals surface area contributed by atoms with Gasteiger partial charge in [-0.3, -0.25) is 4.79 Å². The predicted octanol–water partition coefficient (Wildman–Crippen LogP) is 2.08. The van der Waals surface area contributed by atoms with E-state index in [0.29, 0.717) is 0 Å². The molecule has 1 amide bonds. The van der Waals surface area contributed by atoms with Gasteiger partial charge in [0.1, 0.15) is 11.5 Å². The van der Waals surface area contributed by atoms with E-state index in [0.717, 1.165) is 26.4 Å². The van der Waals surface area contributed by atoms with Gasteiger partial charge in [0.2, 0.25) is 5.91 Å². The van der Waals surface area contributed by atoms with Gasteiger partial charge in [0.15, 0.2) is 0 Å². The minimum absolute atomic E-state index is 0.0714. The van der Waals surface area contributed by atoms with Crippen LogP contribution in [0.1, 0.15) is 6.92 Å². The summed E-state index contributed by atoms with van der Waals surface area (Å²) in [4.78, 5) is 33.8. The number of rotatable bonds is 5. The van der Waals surface area contributed by atoms with E-state index < -0.39 is 23.7 Å². The van der Waals surface area contributed by atoms with Gasteiger partial charge in [-0.05, 0) is 12.1 Å². The first kappa shape index (κ1) is 18.4. The minimum atomic E-state index is -0.863. The fourth-order valence-corrected chi connectivity index (χ4v) is 1.78.